The minimum absolute atomic E-state index is 0.187. The van der Waals surface area contributed by atoms with E-state index in [1.54, 1.807) is 36.5 Å². The Morgan fingerprint density at radius 2 is 1.85 bits per heavy atom. The summed E-state index contributed by atoms with van der Waals surface area (Å²) in [7, 11) is -2.63. The lowest BCUT2D eigenvalue weighted by atomic mass is 10.1. The predicted molar refractivity (Wildman–Crippen MR) is 124 cm³/mol. The van der Waals surface area contributed by atoms with Gasteiger partial charge in [0.05, 0.1) is 18.7 Å². The second kappa shape index (κ2) is 9.34. The summed E-state index contributed by atoms with van der Waals surface area (Å²) in [5.41, 5.74) is 1.41. The minimum Gasteiger partial charge on any atom is -0.348 e. The predicted octanol–water partition coefficient (Wildman–Crippen LogP) is 2.57. The van der Waals surface area contributed by atoms with Crippen molar-refractivity contribution in [2.24, 2.45) is 4.99 Å². The third kappa shape index (κ3) is 5.67. The fourth-order valence-corrected chi connectivity index (χ4v) is 6.24. The molecule has 0 spiro atoms. The molecule has 1 aromatic carbocycles. The molecule has 0 radical (unpaired) electrons. The van der Waals surface area contributed by atoms with Crippen LogP contribution >= 0.6 is 0 Å². The van der Waals surface area contributed by atoms with Gasteiger partial charge in [0.1, 0.15) is 5.84 Å². The van der Waals surface area contributed by atoms with Crippen LogP contribution in [0.4, 0.5) is 13.2 Å². The fourth-order valence-electron chi connectivity index (χ4n) is 4.28. The van der Waals surface area contributed by atoms with Crippen LogP contribution in [0.1, 0.15) is 18.4 Å². The number of carbonyl (C=O) groups excluding carboxylic acids is 1. The Labute approximate surface area is 191 Å². The van der Waals surface area contributed by atoms with Gasteiger partial charge in [-0.2, -0.15) is 13.2 Å². The van der Waals surface area contributed by atoms with E-state index < -0.39 is 22.2 Å². The van der Waals surface area contributed by atoms with E-state index >= 15 is 0 Å². The van der Waals surface area contributed by atoms with Crippen LogP contribution in [0.25, 0.3) is 0 Å². The van der Waals surface area contributed by atoms with Crippen molar-refractivity contribution >= 4 is 27.1 Å². The number of fused-ring (bicyclic) bond motifs is 1. The number of aliphatic imine (C=N–C) groups is 1. The van der Waals surface area contributed by atoms with E-state index in [9.17, 15) is 22.2 Å². The van der Waals surface area contributed by atoms with Gasteiger partial charge in [0, 0.05) is 29.4 Å². The maximum absolute atomic E-state index is 13.4. The molecule has 4 rings (SSSR count). The van der Waals surface area contributed by atoms with E-state index in [0.717, 1.165) is 24.5 Å². The second-order valence-electron chi connectivity index (χ2n) is 8.49. The Balaban J connectivity index is 1.31. The van der Waals surface area contributed by atoms with Gasteiger partial charge in [0.15, 0.2) is 0 Å². The molecule has 1 saturated heterocycles. The number of nitrogens with one attached hydrogen (secondary N) is 1. The first-order valence-electron chi connectivity index (χ1n) is 10.9. The number of carbonyl (C=O) groups is 1. The Morgan fingerprint density at radius 3 is 2.52 bits per heavy atom. The van der Waals surface area contributed by atoms with Crippen molar-refractivity contribution in [1.29, 1.82) is 0 Å². The highest BCUT2D eigenvalue weighted by Crippen LogP contribution is 2.27. The van der Waals surface area contributed by atoms with Gasteiger partial charge in [-0.3, -0.25) is 18.9 Å². The molecule has 1 atom stereocenters. The molecule has 1 N–H and O–H groups in total. The third-order valence-corrected chi connectivity index (χ3v) is 8.75. The summed E-state index contributed by atoms with van der Waals surface area (Å²) in [5.74, 6) is 4.62. The van der Waals surface area contributed by atoms with E-state index in [1.807, 2.05) is 11.0 Å². The van der Waals surface area contributed by atoms with Crippen LogP contribution in [0.3, 0.4) is 0 Å². The number of piperidine rings is 1. The average Bonchev–Trinajstić information content (AvgIpc) is 3.25. The first-order valence-corrected chi connectivity index (χ1v) is 12.6. The first kappa shape index (κ1) is 23.6. The van der Waals surface area contributed by atoms with Gasteiger partial charge in [-0.05, 0) is 71.2 Å². The topological polar surface area (TPSA) is 65.0 Å². The molecule has 6 nitrogen and oxygen atoms in total. The molecule has 3 aliphatic heterocycles. The van der Waals surface area contributed by atoms with Gasteiger partial charge in [-0.15, -0.1) is 0 Å². The smallest absolute Gasteiger partial charge is 0.348 e. The number of amidine groups is 1. The molecular weight excluding hydrogens is 453 g/mol. The highest BCUT2D eigenvalue weighted by atomic mass is 32.2. The third-order valence-electron chi connectivity index (χ3n) is 6.13. The van der Waals surface area contributed by atoms with E-state index in [4.69, 9.17) is 0 Å². The molecule has 0 aromatic heterocycles. The molecule has 1 aromatic rings. The van der Waals surface area contributed by atoms with Gasteiger partial charge in [-0.25, -0.2) is 0 Å². The molecule has 0 bridgehead atoms. The van der Waals surface area contributed by atoms with Gasteiger partial charge in [0.25, 0.3) is 5.91 Å². The Hall–Kier alpha value is -2.59. The molecule has 1 amide bonds. The molecule has 10 heteroatoms. The number of alkyl halides is 3. The summed E-state index contributed by atoms with van der Waals surface area (Å²) in [6.07, 6.45) is 1.98. The van der Waals surface area contributed by atoms with Crippen LogP contribution in [-0.2, 0) is 20.9 Å². The van der Waals surface area contributed by atoms with Gasteiger partial charge < -0.3 is 10.2 Å². The van der Waals surface area contributed by atoms with Crippen molar-refractivity contribution in [3.05, 3.63) is 53.8 Å². The van der Waals surface area contributed by atoms with Crippen LogP contribution < -0.4 is 5.32 Å². The Kier molecular flexibility index (Phi) is 6.67. The Morgan fingerprint density at radius 1 is 1.15 bits per heavy atom. The zero-order chi connectivity index (χ0) is 23.6. The number of likely N-dealkylation sites (tertiary alicyclic amines) is 1. The quantitative estimate of drug-likeness (QED) is 0.636. The molecule has 178 valence electrons. The van der Waals surface area contributed by atoms with Crippen molar-refractivity contribution in [3.8, 4) is 0 Å². The van der Waals surface area contributed by atoms with Crippen molar-refractivity contribution < 1.29 is 22.2 Å². The second-order valence-corrected chi connectivity index (χ2v) is 11.1. The summed E-state index contributed by atoms with van der Waals surface area (Å²) in [5, 5.41) is 2.63. The SMILES string of the molecule is C=S(=O)(c1ccc(CNC(=O)C2=CN3CCN=C3C=C2)cc1)C1CCN(CC(F)(F)F)CC1. The van der Waals surface area contributed by atoms with Gasteiger partial charge >= 0.3 is 6.18 Å². The van der Waals surface area contributed by atoms with Crippen LogP contribution in [0.2, 0.25) is 0 Å². The molecule has 0 saturated carbocycles. The summed E-state index contributed by atoms with van der Waals surface area (Å²) >= 11 is 0. The zero-order valence-electron chi connectivity index (χ0n) is 18.2. The monoisotopic (exact) mass is 480 g/mol. The highest BCUT2D eigenvalue weighted by Gasteiger charge is 2.34. The van der Waals surface area contributed by atoms with Crippen LogP contribution in [-0.4, -0.2) is 75.8 Å². The lowest BCUT2D eigenvalue weighted by Gasteiger charge is -2.33. The molecule has 1 unspecified atom stereocenters. The maximum atomic E-state index is 13.4. The van der Waals surface area contributed by atoms with Crippen LogP contribution in [0.5, 0.6) is 0 Å². The lowest BCUT2D eigenvalue weighted by molar-refractivity contribution is -0.147. The van der Waals surface area contributed by atoms with Crippen molar-refractivity contribution in [3.63, 3.8) is 0 Å². The zero-order valence-corrected chi connectivity index (χ0v) is 19.0. The van der Waals surface area contributed by atoms with Crippen molar-refractivity contribution in [2.75, 3.05) is 32.7 Å². The minimum atomic E-state index is -4.22. The molecular formula is C23H27F3N4O2S. The van der Waals surface area contributed by atoms with E-state index in [0.29, 0.717) is 29.9 Å². The first-order chi connectivity index (χ1) is 15.6. The number of benzene rings is 1. The summed E-state index contributed by atoms with van der Waals surface area (Å²) in [6.45, 7) is 1.40. The highest BCUT2D eigenvalue weighted by molar-refractivity contribution is 8.00. The molecule has 3 aliphatic rings. The standard InChI is InChI=1S/C23H27F3N4O2S/c1-33(32,20-8-11-29(12-9-20)16-23(24,25)26)19-5-2-17(3-6-19)14-28-22(31)18-4-7-21-27-10-13-30(21)15-18/h2-7,15,20H,1,8-14,16H2,(H,28,31). The molecule has 1 fully saturated rings. The number of rotatable bonds is 6. The maximum Gasteiger partial charge on any atom is 0.401 e. The number of nitrogens with zero attached hydrogens (tertiary/aromatic N) is 3. The number of hydrogen-bond donors (Lipinski definition) is 1. The van der Waals surface area contributed by atoms with E-state index in [1.165, 1.54) is 4.90 Å². The van der Waals surface area contributed by atoms with E-state index in [-0.39, 0.29) is 24.2 Å². The molecule has 3 heterocycles. The lowest BCUT2D eigenvalue weighted by Crippen LogP contribution is -2.43. The molecule has 0 aliphatic carbocycles. The number of halogens is 3. The molecule has 33 heavy (non-hydrogen) atoms. The normalized spacial score (nSPS) is 21.2. The summed E-state index contributed by atoms with van der Waals surface area (Å²) in [6, 6.07) is 7.09. The number of amides is 1. The largest absolute Gasteiger partial charge is 0.401 e. The number of hydrogen-bond acceptors (Lipinski definition) is 5. The average molecular weight is 481 g/mol. The van der Waals surface area contributed by atoms with E-state index in [2.05, 4.69) is 16.2 Å². The van der Waals surface area contributed by atoms with Gasteiger partial charge in [-0.1, -0.05) is 12.1 Å². The van der Waals surface area contributed by atoms with Crippen LogP contribution in [0.15, 0.2) is 58.1 Å². The fraction of sp³-hybridized carbons (Fsp3) is 0.435. The van der Waals surface area contributed by atoms with Gasteiger partial charge in [0.2, 0.25) is 0 Å². The van der Waals surface area contributed by atoms with Crippen molar-refractivity contribution in [1.82, 2.24) is 15.1 Å². The van der Waals surface area contributed by atoms with Crippen molar-refractivity contribution in [2.45, 2.75) is 35.7 Å². The van der Waals surface area contributed by atoms with Crippen LogP contribution in [0, 0.1) is 0 Å². The summed E-state index contributed by atoms with van der Waals surface area (Å²) in [4.78, 5) is 20.7. The summed E-state index contributed by atoms with van der Waals surface area (Å²) < 4.78 is 51.1. The Bertz CT molecular complexity index is 1080.